The summed E-state index contributed by atoms with van der Waals surface area (Å²) in [5.41, 5.74) is 2.90. The van der Waals surface area contributed by atoms with Crippen LogP contribution in [0.15, 0.2) is 54.7 Å². The number of nitrogens with zero attached hydrogens (tertiary/aromatic N) is 1. The minimum absolute atomic E-state index is 0.199. The van der Waals surface area contributed by atoms with Gasteiger partial charge in [0.1, 0.15) is 5.82 Å². The molecule has 0 aromatic heterocycles. The lowest BCUT2D eigenvalue weighted by Crippen LogP contribution is -2.13. The Balaban J connectivity index is 1.86. The van der Waals surface area contributed by atoms with Crippen LogP contribution in [0.5, 0.6) is 0 Å². The van der Waals surface area contributed by atoms with E-state index in [1.807, 2.05) is 42.3 Å². The number of fused-ring (bicyclic) bond motifs is 1. The molecule has 0 atom stereocenters. The van der Waals surface area contributed by atoms with Crippen LogP contribution in [-0.2, 0) is 11.3 Å². The molecule has 4 heteroatoms. The molecule has 106 valence electrons. The summed E-state index contributed by atoms with van der Waals surface area (Å²) in [6, 6.07) is 14.3. The molecule has 0 saturated carbocycles. The van der Waals surface area contributed by atoms with Crippen LogP contribution in [0, 0.1) is 5.82 Å². The number of nitrogens with one attached hydrogen (secondary N) is 1. The SMILES string of the molecule is CN(/C=C1/C(=O)Nc2ccc(F)cc21)Cc1ccccc1. The third-order valence-electron chi connectivity index (χ3n) is 3.39. The van der Waals surface area contributed by atoms with Gasteiger partial charge in [-0.1, -0.05) is 30.3 Å². The van der Waals surface area contributed by atoms with Crippen molar-refractivity contribution in [2.24, 2.45) is 0 Å². The van der Waals surface area contributed by atoms with Crippen LogP contribution in [0.3, 0.4) is 0 Å². The first-order valence-corrected chi connectivity index (χ1v) is 6.71. The minimum Gasteiger partial charge on any atom is -0.375 e. The Morgan fingerprint density at radius 2 is 1.95 bits per heavy atom. The zero-order chi connectivity index (χ0) is 14.8. The van der Waals surface area contributed by atoms with Gasteiger partial charge in [-0.05, 0) is 23.8 Å². The molecule has 21 heavy (non-hydrogen) atoms. The number of carbonyl (C=O) groups excluding carboxylic acids is 1. The molecule has 1 heterocycles. The highest BCUT2D eigenvalue weighted by Gasteiger charge is 2.24. The van der Waals surface area contributed by atoms with Crippen LogP contribution >= 0.6 is 0 Å². The van der Waals surface area contributed by atoms with E-state index in [4.69, 9.17) is 0 Å². The molecule has 2 aromatic rings. The van der Waals surface area contributed by atoms with Crippen LogP contribution in [0.25, 0.3) is 5.57 Å². The Hall–Kier alpha value is -2.62. The van der Waals surface area contributed by atoms with Gasteiger partial charge < -0.3 is 10.2 Å². The average Bonchev–Trinajstić information content (AvgIpc) is 2.76. The van der Waals surface area contributed by atoms with E-state index < -0.39 is 0 Å². The van der Waals surface area contributed by atoms with Crippen LogP contribution in [-0.4, -0.2) is 17.9 Å². The van der Waals surface area contributed by atoms with Crippen molar-refractivity contribution in [1.29, 1.82) is 0 Å². The fourth-order valence-corrected chi connectivity index (χ4v) is 2.43. The molecule has 0 aliphatic carbocycles. The van der Waals surface area contributed by atoms with Gasteiger partial charge in [-0.15, -0.1) is 0 Å². The number of anilines is 1. The highest BCUT2D eigenvalue weighted by Crippen LogP contribution is 2.32. The van der Waals surface area contributed by atoms with Crippen LogP contribution in [0.2, 0.25) is 0 Å². The minimum atomic E-state index is -0.345. The predicted octanol–water partition coefficient (Wildman–Crippen LogP) is 3.25. The van der Waals surface area contributed by atoms with Gasteiger partial charge in [-0.25, -0.2) is 4.39 Å². The summed E-state index contributed by atoms with van der Waals surface area (Å²) in [4.78, 5) is 13.9. The quantitative estimate of drug-likeness (QED) is 0.876. The molecule has 1 aliphatic heterocycles. The standard InChI is InChI=1S/C17H15FN2O/c1-20(10-12-5-3-2-4-6-12)11-15-14-9-13(18)7-8-16(14)19-17(15)21/h2-9,11H,10H2,1H3,(H,19,21)/b15-11+. The Bertz CT molecular complexity index is 710. The molecule has 3 nitrogen and oxygen atoms in total. The highest BCUT2D eigenvalue weighted by molar-refractivity contribution is 6.31. The molecule has 1 aliphatic rings. The molecule has 2 aromatic carbocycles. The largest absolute Gasteiger partial charge is 0.375 e. The lowest BCUT2D eigenvalue weighted by Gasteiger charge is -2.15. The first-order chi connectivity index (χ1) is 10.1. The maximum Gasteiger partial charge on any atom is 0.257 e. The van der Waals surface area contributed by atoms with Gasteiger partial charge in [-0.2, -0.15) is 0 Å². The summed E-state index contributed by atoms with van der Waals surface area (Å²) in [5, 5.41) is 2.74. The Morgan fingerprint density at radius 1 is 1.19 bits per heavy atom. The second kappa shape index (κ2) is 5.40. The number of rotatable bonds is 3. The van der Waals surface area contributed by atoms with Crippen molar-refractivity contribution in [1.82, 2.24) is 4.90 Å². The summed E-state index contributed by atoms with van der Waals surface area (Å²) < 4.78 is 13.4. The van der Waals surface area contributed by atoms with E-state index in [0.717, 1.165) is 5.56 Å². The second-order valence-electron chi connectivity index (χ2n) is 5.09. The molecular formula is C17H15FN2O. The van der Waals surface area contributed by atoms with Crippen LogP contribution in [0.4, 0.5) is 10.1 Å². The molecule has 1 N–H and O–H groups in total. The number of halogens is 1. The smallest absolute Gasteiger partial charge is 0.257 e. The first-order valence-electron chi connectivity index (χ1n) is 6.71. The number of amides is 1. The monoisotopic (exact) mass is 282 g/mol. The van der Waals surface area contributed by atoms with Gasteiger partial charge in [-0.3, -0.25) is 4.79 Å². The summed E-state index contributed by atoms with van der Waals surface area (Å²) in [6.45, 7) is 0.683. The van der Waals surface area contributed by atoms with E-state index in [2.05, 4.69) is 5.32 Å². The van der Waals surface area contributed by atoms with Gasteiger partial charge >= 0.3 is 0 Å². The molecule has 0 saturated heterocycles. The zero-order valence-corrected chi connectivity index (χ0v) is 11.6. The van der Waals surface area contributed by atoms with Crippen molar-refractivity contribution in [2.45, 2.75) is 6.54 Å². The lowest BCUT2D eigenvalue weighted by atomic mass is 10.1. The van der Waals surface area contributed by atoms with E-state index in [9.17, 15) is 9.18 Å². The van der Waals surface area contributed by atoms with E-state index >= 15 is 0 Å². The second-order valence-corrected chi connectivity index (χ2v) is 5.09. The summed E-state index contributed by atoms with van der Waals surface area (Å²) in [7, 11) is 1.89. The van der Waals surface area contributed by atoms with Gasteiger partial charge in [0.05, 0.1) is 5.57 Å². The Labute approximate surface area is 122 Å². The Morgan fingerprint density at radius 3 is 2.71 bits per heavy atom. The molecule has 0 unspecified atom stereocenters. The fourth-order valence-electron chi connectivity index (χ4n) is 2.43. The number of carbonyl (C=O) groups is 1. The summed E-state index contributed by atoms with van der Waals surface area (Å²) >= 11 is 0. The van der Waals surface area contributed by atoms with Crippen molar-refractivity contribution in [3.05, 3.63) is 71.7 Å². The van der Waals surface area contributed by atoms with E-state index in [0.29, 0.717) is 23.4 Å². The number of hydrogen-bond acceptors (Lipinski definition) is 2. The third-order valence-corrected chi connectivity index (χ3v) is 3.39. The molecular weight excluding hydrogens is 267 g/mol. The average molecular weight is 282 g/mol. The van der Waals surface area contributed by atoms with Crippen molar-refractivity contribution in [3.8, 4) is 0 Å². The van der Waals surface area contributed by atoms with Crippen LogP contribution < -0.4 is 5.32 Å². The molecule has 0 radical (unpaired) electrons. The van der Waals surface area contributed by atoms with Crippen molar-refractivity contribution in [2.75, 3.05) is 12.4 Å². The van der Waals surface area contributed by atoms with Gasteiger partial charge in [0.2, 0.25) is 0 Å². The zero-order valence-electron chi connectivity index (χ0n) is 11.6. The van der Waals surface area contributed by atoms with E-state index in [-0.39, 0.29) is 11.7 Å². The van der Waals surface area contributed by atoms with Crippen LogP contribution in [0.1, 0.15) is 11.1 Å². The number of benzene rings is 2. The first kappa shape index (κ1) is 13.4. The third kappa shape index (κ3) is 2.79. The topological polar surface area (TPSA) is 32.3 Å². The molecule has 0 fully saturated rings. The van der Waals surface area contributed by atoms with Gasteiger partial charge in [0, 0.05) is 31.0 Å². The highest BCUT2D eigenvalue weighted by atomic mass is 19.1. The van der Waals surface area contributed by atoms with E-state index in [1.165, 1.54) is 12.1 Å². The lowest BCUT2D eigenvalue weighted by molar-refractivity contribution is -0.110. The fraction of sp³-hybridized carbons (Fsp3) is 0.118. The Kier molecular flexibility index (Phi) is 3.44. The predicted molar refractivity (Wildman–Crippen MR) is 80.9 cm³/mol. The van der Waals surface area contributed by atoms with Crippen molar-refractivity contribution >= 4 is 17.2 Å². The van der Waals surface area contributed by atoms with Crippen molar-refractivity contribution < 1.29 is 9.18 Å². The van der Waals surface area contributed by atoms with Gasteiger partial charge in [0.25, 0.3) is 5.91 Å². The molecule has 3 rings (SSSR count). The summed E-state index contributed by atoms with van der Waals surface area (Å²) in [6.07, 6.45) is 1.76. The molecule has 0 spiro atoms. The molecule has 1 amide bonds. The maximum absolute atomic E-state index is 13.4. The molecule has 0 bridgehead atoms. The number of hydrogen-bond donors (Lipinski definition) is 1. The van der Waals surface area contributed by atoms with Gasteiger partial charge in [0.15, 0.2) is 0 Å². The van der Waals surface area contributed by atoms with Crippen molar-refractivity contribution in [3.63, 3.8) is 0 Å². The van der Waals surface area contributed by atoms with E-state index in [1.54, 1.807) is 12.3 Å². The normalized spacial score (nSPS) is 15.0. The summed E-state index contributed by atoms with van der Waals surface area (Å²) in [5.74, 6) is -0.544. The maximum atomic E-state index is 13.4.